The molecule has 0 aliphatic heterocycles. The average Bonchev–Trinajstić information content (AvgIpc) is 2.34. The van der Waals surface area contributed by atoms with Crippen molar-refractivity contribution in [3.63, 3.8) is 0 Å². The molecule has 1 rings (SSSR count). The zero-order valence-corrected chi connectivity index (χ0v) is 11.2. The summed E-state index contributed by atoms with van der Waals surface area (Å²) in [4.78, 5) is 12.6. The maximum absolute atomic E-state index is 11.5. The summed E-state index contributed by atoms with van der Waals surface area (Å²) in [5.74, 6) is 0.528. The van der Waals surface area contributed by atoms with Gasteiger partial charge in [-0.1, -0.05) is 25.1 Å². The molecule has 1 atom stereocenters. The zero-order chi connectivity index (χ0) is 12.7. The lowest BCUT2D eigenvalue weighted by molar-refractivity contribution is -0.118. The first-order chi connectivity index (χ1) is 8.15. The topological polar surface area (TPSA) is 55.1 Å². The second kappa shape index (κ2) is 7.35. The van der Waals surface area contributed by atoms with E-state index in [1.54, 1.807) is 11.8 Å². The highest BCUT2D eigenvalue weighted by molar-refractivity contribution is 8.00. The Kier molecular flexibility index (Phi) is 6.08. The largest absolute Gasteiger partial charge is 0.355 e. The third-order valence-electron chi connectivity index (χ3n) is 2.34. The Labute approximate surface area is 107 Å². The number of amides is 1. The lowest BCUT2D eigenvalue weighted by atomic mass is 10.1. The summed E-state index contributed by atoms with van der Waals surface area (Å²) in [5.41, 5.74) is 6.99. The van der Waals surface area contributed by atoms with Crippen molar-refractivity contribution in [3.05, 3.63) is 29.8 Å². The van der Waals surface area contributed by atoms with Crippen LogP contribution in [0.5, 0.6) is 0 Å². The monoisotopic (exact) mass is 252 g/mol. The molecular weight excluding hydrogens is 232 g/mol. The van der Waals surface area contributed by atoms with Crippen LogP contribution in [-0.2, 0) is 4.79 Å². The molecule has 94 valence electrons. The van der Waals surface area contributed by atoms with Crippen molar-refractivity contribution in [1.29, 1.82) is 0 Å². The van der Waals surface area contributed by atoms with Gasteiger partial charge in [-0.25, -0.2) is 0 Å². The Morgan fingerprint density at radius 3 is 2.82 bits per heavy atom. The number of hydrogen-bond donors (Lipinski definition) is 2. The van der Waals surface area contributed by atoms with Gasteiger partial charge in [0.05, 0.1) is 5.75 Å². The molecule has 4 heteroatoms. The summed E-state index contributed by atoms with van der Waals surface area (Å²) >= 11 is 1.54. The summed E-state index contributed by atoms with van der Waals surface area (Å²) < 4.78 is 0. The molecule has 1 amide bonds. The molecule has 3 nitrogen and oxygen atoms in total. The van der Waals surface area contributed by atoms with E-state index in [9.17, 15) is 4.79 Å². The molecular formula is C13H20N2OS. The quantitative estimate of drug-likeness (QED) is 0.764. The number of nitrogens with one attached hydrogen (secondary N) is 1. The summed E-state index contributed by atoms with van der Waals surface area (Å²) in [6.07, 6.45) is 0.965. The zero-order valence-electron chi connectivity index (χ0n) is 10.4. The van der Waals surface area contributed by atoms with Gasteiger partial charge in [-0.2, -0.15) is 0 Å². The van der Waals surface area contributed by atoms with E-state index in [2.05, 4.69) is 5.32 Å². The Balaban J connectivity index is 2.54. The number of thioether (sulfide) groups is 1. The van der Waals surface area contributed by atoms with Crippen LogP contribution in [-0.4, -0.2) is 18.2 Å². The Hall–Kier alpha value is -1.00. The average molecular weight is 252 g/mol. The highest BCUT2D eigenvalue weighted by Gasteiger charge is 2.08. The van der Waals surface area contributed by atoms with E-state index in [-0.39, 0.29) is 11.9 Å². The van der Waals surface area contributed by atoms with Crippen LogP contribution in [0.1, 0.15) is 31.9 Å². The SMILES string of the molecule is CCCNC(=O)CSc1ccccc1C(C)N. The normalized spacial score (nSPS) is 12.2. The van der Waals surface area contributed by atoms with E-state index in [0.29, 0.717) is 5.75 Å². The van der Waals surface area contributed by atoms with E-state index in [4.69, 9.17) is 5.73 Å². The number of rotatable bonds is 6. The number of nitrogens with two attached hydrogens (primary N) is 1. The van der Waals surface area contributed by atoms with Crippen LogP contribution in [0, 0.1) is 0 Å². The Morgan fingerprint density at radius 1 is 1.47 bits per heavy atom. The molecule has 1 unspecified atom stereocenters. The maximum atomic E-state index is 11.5. The molecule has 0 bridgehead atoms. The van der Waals surface area contributed by atoms with Gasteiger partial charge < -0.3 is 11.1 Å². The predicted octanol–water partition coefficient (Wildman–Crippen LogP) is 2.32. The van der Waals surface area contributed by atoms with Gasteiger partial charge in [-0.05, 0) is 25.0 Å². The van der Waals surface area contributed by atoms with Crippen molar-refractivity contribution in [1.82, 2.24) is 5.32 Å². The lowest BCUT2D eigenvalue weighted by Gasteiger charge is -2.11. The van der Waals surface area contributed by atoms with Crippen LogP contribution < -0.4 is 11.1 Å². The molecule has 0 aliphatic rings. The van der Waals surface area contributed by atoms with Crippen LogP contribution in [0.15, 0.2) is 29.2 Å². The molecule has 0 fully saturated rings. The first kappa shape index (κ1) is 14.1. The highest BCUT2D eigenvalue weighted by Crippen LogP contribution is 2.25. The van der Waals surface area contributed by atoms with E-state index < -0.39 is 0 Å². The van der Waals surface area contributed by atoms with Crippen LogP contribution in [0.4, 0.5) is 0 Å². The maximum Gasteiger partial charge on any atom is 0.230 e. The Morgan fingerprint density at radius 2 is 2.18 bits per heavy atom. The molecule has 3 N–H and O–H groups in total. The third kappa shape index (κ3) is 4.79. The number of hydrogen-bond acceptors (Lipinski definition) is 3. The fourth-order valence-corrected chi connectivity index (χ4v) is 2.43. The van der Waals surface area contributed by atoms with Gasteiger partial charge >= 0.3 is 0 Å². The molecule has 0 saturated heterocycles. The van der Waals surface area contributed by atoms with Crippen LogP contribution in [0.2, 0.25) is 0 Å². The van der Waals surface area contributed by atoms with E-state index in [0.717, 1.165) is 23.4 Å². The first-order valence-electron chi connectivity index (χ1n) is 5.89. The summed E-state index contributed by atoms with van der Waals surface area (Å²) in [6.45, 7) is 4.74. The van der Waals surface area contributed by atoms with Gasteiger partial charge in [0.25, 0.3) is 0 Å². The van der Waals surface area contributed by atoms with Crippen LogP contribution >= 0.6 is 11.8 Å². The van der Waals surface area contributed by atoms with E-state index in [1.807, 2.05) is 38.1 Å². The second-order valence-electron chi connectivity index (χ2n) is 3.97. The molecule has 0 saturated carbocycles. The van der Waals surface area contributed by atoms with E-state index >= 15 is 0 Å². The molecule has 0 aromatic heterocycles. The first-order valence-corrected chi connectivity index (χ1v) is 6.87. The van der Waals surface area contributed by atoms with Crippen molar-refractivity contribution >= 4 is 17.7 Å². The van der Waals surface area contributed by atoms with Crippen molar-refractivity contribution in [2.24, 2.45) is 5.73 Å². The minimum absolute atomic E-state index is 0.00240. The third-order valence-corrected chi connectivity index (χ3v) is 3.43. The molecule has 0 radical (unpaired) electrons. The number of carbonyl (C=O) groups excluding carboxylic acids is 1. The Bertz CT molecular complexity index is 366. The van der Waals surface area contributed by atoms with Crippen LogP contribution in [0.25, 0.3) is 0 Å². The molecule has 1 aromatic carbocycles. The molecule has 0 aliphatic carbocycles. The number of carbonyl (C=O) groups is 1. The molecule has 17 heavy (non-hydrogen) atoms. The smallest absolute Gasteiger partial charge is 0.230 e. The van der Waals surface area contributed by atoms with Gasteiger partial charge in [-0.3, -0.25) is 4.79 Å². The minimum atomic E-state index is -0.00240. The second-order valence-corrected chi connectivity index (χ2v) is 4.98. The fourth-order valence-electron chi connectivity index (χ4n) is 1.45. The lowest BCUT2D eigenvalue weighted by Crippen LogP contribution is -2.25. The highest BCUT2D eigenvalue weighted by atomic mass is 32.2. The van der Waals surface area contributed by atoms with Crippen molar-refractivity contribution < 1.29 is 4.79 Å². The summed E-state index contributed by atoms with van der Waals surface area (Å²) in [5, 5.41) is 2.86. The van der Waals surface area contributed by atoms with Crippen molar-refractivity contribution in [3.8, 4) is 0 Å². The van der Waals surface area contributed by atoms with Crippen LogP contribution in [0.3, 0.4) is 0 Å². The van der Waals surface area contributed by atoms with Crippen molar-refractivity contribution in [2.75, 3.05) is 12.3 Å². The molecule has 0 spiro atoms. The molecule has 1 aromatic rings. The van der Waals surface area contributed by atoms with Gasteiger partial charge in [0.2, 0.25) is 5.91 Å². The number of benzene rings is 1. The van der Waals surface area contributed by atoms with Gasteiger partial charge in [0.1, 0.15) is 0 Å². The summed E-state index contributed by atoms with van der Waals surface area (Å²) in [6, 6.07) is 7.96. The molecule has 0 heterocycles. The fraction of sp³-hybridized carbons (Fsp3) is 0.462. The minimum Gasteiger partial charge on any atom is -0.355 e. The standard InChI is InChI=1S/C13H20N2OS/c1-3-8-15-13(16)9-17-12-7-5-4-6-11(12)10(2)14/h4-7,10H,3,8-9,14H2,1-2H3,(H,15,16). The van der Waals surface area contributed by atoms with Gasteiger partial charge in [0, 0.05) is 17.5 Å². The van der Waals surface area contributed by atoms with E-state index in [1.165, 1.54) is 0 Å². The van der Waals surface area contributed by atoms with Gasteiger partial charge in [0.15, 0.2) is 0 Å². The van der Waals surface area contributed by atoms with Crippen molar-refractivity contribution in [2.45, 2.75) is 31.2 Å². The predicted molar refractivity (Wildman–Crippen MR) is 73.1 cm³/mol. The summed E-state index contributed by atoms with van der Waals surface area (Å²) in [7, 11) is 0. The van der Waals surface area contributed by atoms with Gasteiger partial charge in [-0.15, -0.1) is 11.8 Å².